The van der Waals surface area contributed by atoms with Crippen LogP contribution in [0.4, 0.5) is 0 Å². The smallest absolute Gasteiger partial charge is 0.193 e. The minimum atomic E-state index is -0.259. The number of ketones is 1. The van der Waals surface area contributed by atoms with Crippen molar-refractivity contribution in [3.05, 3.63) is 63.9 Å². The molecular weight excluding hydrogens is 455 g/mol. The first kappa shape index (κ1) is 21.0. The zero-order chi connectivity index (χ0) is 22.1. The number of Topliss-reactive ketones (excluding diaryl/α,β-unsaturated/α-hetero) is 1. The maximum Gasteiger partial charge on any atom is 0.193 e. The predicted octanol–water partition coefficient (Wildman–Crippen LogP) is 2.03. The molecule has 0 aliphatic carbocycles. The van der Waals surface area contributed by atoms with E-state index in [-0.39, 0.29) is 24.7 Å². The van der Waals surface area contributed by atoms with Crippen LogP contribution in [0.2, 0.25) is 10.2 Å². The third-order valence-electron chi connectivity index (χ3n) is 5.08. The molecule has 4 aromatic heterocycles. The molecule has 1 fully saturated rings. The van der Waals surface area contributed by atoms with Crippen molar-refractivity contribution >= 4 is 34.6 Å². The number of nitrogens with one attached hydrogen (secondary N) is 1. The summed E-state index contributed by atoms with van der Waals surface area (Å²) in [4.78, 5) is 23.0. The number of hydrogen-bond acceptors (Lipinski definition) is 8. The lowest BCUT2D eigenvalue weighted by molar-refractivity contribution is -0.117. The molecule has 164 valence electrons. The van der Waals surface area contributed by atoms with Gasteiger partial charge in [-0.2, -0.15) is 15.3 Å². The van der Waals surface area contributed by atoms with Crippen LogP contribution in [0.1, 0.15) is 22.9 Å². The van der Waals surface area contributed by atoms with Gasteiger partial charge in [0, 0.05) is 50.0 Å². The minimum Gasteiger partial charge on any atom is -0.369 e. The Labute approximate surface area is 192 Å². The van der Waals surface area contributed by atoms with Crippen LogP contribution in [-0.2, 0) is 22.4 Å². The van der Waals surface area contributed by atoms with Crippen LogP contribution in [0, 0.1) is 0 Å². The van der Waals surface area contributed by atoms with Gasteiger partial charge in [0.15, 0.2) is 16.6 Å². The number of halogens is 2. The summed E-state index contributed by atoms with van der Waals surface area (Å²) in [7, 11) is 0. The third kappa shape index (κ3) is 4.22. The van der Waals surface area contributed by atoms with Gasteiger partial charge in [-0.1, -0.05) is 23.2 Å². The van der Waals surface area contributed by atoms with E-state index in [0.717, 1.165) is 17.8 Å². The highest BCUT2D eigenvalue weighted by molar-refractivity contribution is 6.32. The van der Waals surface area contributed by atoms with Gasteiger partial charge in [-0.3, -0.25) is 4.79 Å². The summed E-state index contributed by atoms with van der Waals surface area (Å²) in [6.45, 7) is 1.95. The monoisotopic (exact) mass is 472 g/mol. The van der Waals surface area contributed by atoms with E-state index < -0.39 is 0 Å². The number of pyridine rings is 1. The first-order chi connectivity index (χ1) is 15.6. The summed E-state index contributed by atoms with van der Waals surface area (Å²) in [6.07, 6.45) is 6.44. The maximum atomic E-state index is 12.9. The van der Waals surface area contributed by atoms with Gasteiger partial charge in [0.25, 0.3) is 0 Å². The molecule has 1 aliphatic heterocycles. The van der Waals surface area contributed by atoms with Crippen molar-refractivity contribution in [3.63, 3.8) is 0 Å². The molecule has 0 radical (unpaired) electrons. The average Bonchev–Trinajstić information content (AvgIpc) is 3.43. The summed E-state index contributed by atoms with van der Waals surface area (Å²) >= 11 is 12.4. The van der Waals surface area contributed by atoms with E-state index in [4.69, 9.17) is 27.9 Å². The standard InChI is InChI=1S/C20H18Cl2N8O2/c21-15-6-12(9-25-20(15)30-26-1-2-27-30)5-14(31)7-13-10-24-18-8-17(22)28-29(18)19(13)16-11-23-3-4-32-16/h1-2,6,8-10,16,23H,3-5,7,11H2. The molecule has 0 spiro atoms. The molecule has 0 amide bonds. The lowest BCUT2D eigenvalue weighted by Crippen LogP contribution is -2.35. The fraction of sp³-hybridized carbons (Fsp3) is 0.300. The SMILES string of the molecule is O=C(Cc1cnc(-n2nccn2)c(Cl)c1)Cc1cnc2cc(Cl)nn2c1C1CNCCO1. The summed E-state index contributed by atoms with van der Waals surface area (Å²) in [5, 5.41) is 16.4. The largest absolute Gasteiger partial charge is 0.369 e. The van der Waals surface area contributed by atoms with E-state index in [1.807, 2.05) is 0 Å². The number of ether oxygens (including phenoxy) is 1. The Morgan fingerprint density at radius 3 is 2.75 bits per heavy atom. The lowest BCUT2D eigenvalue weighted by atomic mass is 10.0. The predicted molar refractivity (Wildman–Crippen MR) is 116 cm³/mol. The van der Waals surface area contributed by atoms with Gasteiger partial charge in [0.1, 0.15) is 11.9 Å². The quantitative estimate of drug-likeness (QED) is 0.453. The van der Waals surface area contributed by atoms with Crippen LogP contribution in [0.25, 0.3) is 11.5 Å². The van der Waals surface area contributed by atoms with Crippen molar-refractivity contribution < 1.29 is 9.53 Å². The van der Waals surface area contributed by atoms with Crippen LogP contribution < -0.4 is 5.32 Å². The molecule has 1 N–H and O–H groups in total. The van der Waals surface area contributed by atoms with Crippen LogP contribution in [-0.4, -0.2) is 60.1 Å². The highest BCUT2D eigenvalue weighted by Crippen LogP contribution is 2.26. The van der Waals surface area contributed by atoms with Crippen LogP contribution in [0.3, 0.4) is 0 Å². The number of hydrogen-bond donors (Lipinski definition) is 1. The molecule has 1 atom stereocenters. The Morgan fingerprint density at radius 1 is 1.16 bits per heavy atom. The van der Waals surface area contributed by atoms with Crippen molar-refractivity contribution in [3.8, 4) is 5.82 Å². The van der Waals surface area contributed by atoms with Gasteiger partial charge in [0.05, 0.1) is 29.7 Å². The van der Waals surface area contributed by atoms with E-state index in [0.29, 0.717) is 40.4 Å². The van der Waals surface area contributed by atoms with Crippen LogP contribution in [0.15, 0.2) is 36.9 Å². The summed E-state index contributed by atoms with van der Waals surface area (Å²) < 4.78 is 7.60. The van der Waals surface area contributed by atoms with Gasteiger partial charge in [-0.15, -0.1) is 4.80 Å². The zero-order valence-corrected chi connectivity index (χ0v) is 18.3. The van der Waals surface area contributed by atoms with Gasteiger partial charge < -0.3 is 10.1 Å². The van der Waals surface area contributed by atoms with Gasteiger partial charge >= 0.3 is 0 Å². The summed E-state index contributed by atoms with van der Waals surface area (Å²) in [5.74, 6) is 0.388. The molecule has 0 aromatic carbocycles. The van der Waals surface area contributed by atoms with E-state index in [2.05, 4.69) is 30.6 Å². The Balaban J connectivity index is 1.39. The minimum absolute atomic E-state index is 0.0164. The van der Waals surface area contributed by atoms with E-state index in [9.17, 15) is 4.79 Å². The fourth-order valence-corrected chi connectivity index (χ4v) is 4.16. The molecule has 12 heteroatoms. The van der Waals surface area contributed by atoms with Crippen molar-refractivity contribution in [1.29, 1.82) is 0 Å². The molecule has 5 rings (SSSR count). The number of rotatable bonds is 6. The van der Waals surface area contributed by atoms with E-state index in [1.54, 1.807) is 29.0 Å². The summed E-state index contributed by atoms with van der Waals surface area (Å²) in [6, 6.07) is 3.38. The molecule has 4 aromatic rings. The summed E-state index contributed by atoms with van der Waals surface area (Å²) in [5.41, 5.74) is 2.82. The first-order valence-corrected chi connectivity index (χ1v) is 10.7. The highest BCUT2D eigenvalue weighted by Gasteiger charge is 2.25. The molecule has 1 saturated heterocycles. The van der Waals surface area contributed by atoms with Crippen molar-refractivity contribution in [1.82, 2.24) is 39.9 Å². The Kier molecular flexibility index (Phi) is 5.83. The van der Waals surface area contributed by atoms with E-state index in [1.165, 1.54) is 17.2 Å². The number of morpholine rings is 1. The van der Waals surface area contributed by atoms with Crippen molar-refractivity contribution in [2.75, 3.05) is 19.7 Å². The Bertz CT molecular complexity index is 1270. The molecule has 5 heterocycles. The van der Waals surface area contributed by atoms with Gasteiger partial charge in [0.2, 0.25) is 0 Å². The van der Waals surface area contributed by atoms with E-state index >= 15 is 0 Å². The number of carbonyl (C=O) groups excluding carboxylic acids is 1. The molecule has 1 aliphatic rings. The molecule has 10 nitrogen and oxygen atoms in total. The molecule has 32 heavy (non-hydrogen) atoms. The van der Waals surface area contributed by atoms with Gasteiger partial charge in [-0.25, -0.2) is 14.5 Å². The van der Waals surface area contributed by atoms with Crippen LogP contribution >= 0.6 is 23.2 Å². The number of aromatic nitrogens is 7. The maximum absolute atomic E-state index is 12.9. The normalized spacial score (nSPS) is 16.5. The number of nitrogens with zero attached hydrogens (tertiary/aromatic N) is 7. The molecule has 0 bridgehead atoms. The molecule has 1 unspecified atom stereocenters. The Hall–Kier alpha value is -2.92. The fourth-order valence-electron chi connectivity index (χ4n) is 3.72. The number of fused-ring (bicyclic) bond motifs is 1. The first-order valence-electron chi connectivity index (χ1n) is 9.96. The second kappa shape index (κ2) is 8.91. The average molecular weight is 473 g/mol. The topological polar surface area (TPSA) is 112 Å². The second-order valence-corrected chi connectivity index (χ2v) is 8.12. The van der Waals surface area contributed by atoms with Crippen molar-refractivity contribution in [2.24, 2.45) is 0 Å². The van der Waals surface area contributed by atoms with Gasteiger partial charge in [-0.05, 0) is 11.6 Å². The number of carbonyl (C=O) groups is 1. The molecule has 0 saturated carbocycles. The molecular formula is C20H18Cl2N8O2. The highest BCUT2D eigenvalue weighted by atomic mass is 35.5. The van der Waals surface area contributed by atoms with Crippen LogP contribution in [0.5, 0.6) is 0 Å². The third-order valence-corrected chi connectivity index (χ3v) is 5.54. The Morgan fingerprint density at radius 2 is 2.00 bits per heavy atom. The van der Waals surface area contributed by atoms with Crippen molar-refractivity contribution in [2.45, 2.75) is 18.9 Å². The zero-order valence-electron chi connectivity index (χ0n) is 16.8. The lowest BCUT2D eigenvalue weighted by Gasteiger charge is -2.26. The second-order valence-electron chi connectivity index (χ2n) is 7.33.